The van der Waals surface area contributed by atoms with Gasteiger partial charge in [0, 0.05) is 95.6 Å². The van der Waals surface area contributed by atoms with Gasteiger partial charge in [-0.2, -0.15) is 5.10 Å². The number of amides is 3. The number of benzene rings is 3. The number of oxazole rings is 1. The molecule has 3 aromatic heterocycles. The van der Waals surface area contributed by atoms with Crippen LogP contribution in [0.3, 0.4) is 0 Å². The number of carbonyl (C=O) groups is 4. The number of H-pyrrole nitrogens is 1. The fourth-order valence-electron chi connectivity index (χ4n) is 9.42. The Labute approximate surface area is 446 Å². The topological polar surface area (TPSA) is 193 Å². The molecule has 18 heteroatoms. The Bertz CT molecular complexity index is 2900. The number of aromatic nitrogens is 4. The summed E-state index contributed by atoms with van der Waals surface area (Å²) in [5.41, 5.74) is 4.87. The van der Waals surface area contributed by atoms with Gasteiger partial charge in [0.05, 0.1) is 48.2 Å². The molecule has 3 saturated heterocycles. The van der Waals surface area contributed by atoms with Crippen LogP contribution in [0.5, 0.6) is 0 Å². The Hall–Kier alpha value is -6.99. The number of halogens is 1. The third kappa shape index (κ3) is 16.3. The molecule has 3 amide bonds. The van der Waals surface area contributed by atoms with Crippen LogP contribution in [0.15, 0.2) is 94.4 Å². The summed E-state index contributed by atoms with van der Waals surface area (Å²) in [4.78, 5) is 82.1. The summed E-state index contributed by atoms with van der Waals surface area (Å²) in [5.74, 6) is 0.979. The van der Waals surface area contributed by atoms with Gasteiger partial charge in [-0.05, 0) is 80.1 Å². The molecule has 0 saturated carbocycles. The number of piperidine rings is 1. The number of pyridine rings is 1. The predicted octanol–water partition coefficient (Wildman–Crippen LogP) is 7.10. The second-order valence-corrected chi connectivity index (χ2v) is 18.9. The smallest absolute Gasteiger partial charge is 0.274 e. The standard InChI is InChI=1S/C38H53N9O4.C16H11FN2O2.2C2H6/c1-4-29-6-5-7-31(20-29)32-21-33(42-34(48)24-39-25-35-40-22-28(2)51-35)37(41-23-32)38(50)47-10-8-30(9-11-47)26-44-14-16-45(17-15-44)27-36(49)46-18-12-43(3)13-19-46;17-14-6-5-10(7-11(14)9-20)8-15-12-3-1-2-4-13(12)16(21)19-18-15;2*1-2/h5-7,20-23,30,39H,4,8-19,24-27H2,1-3H3,(H,42,48);1-7,9H,8H2,(H,19,21);2*1-2H3. The predicted molar refractivity (Wildman–Crippen MR) is 296 cm³/mol. The molecule has 76 heavy (non-hydrogen) atoms. The van der Waals surface area contributed by atoms with Gasteiger partial charge in [-0.25, -0.2) is 19.5 Å². The number of fused-ring (bicyclic) bond motifs is 1. The van der Waals surface area contributed by atoms with Crippen molar-refractivity contribution in [2.75, 3.05) is 97.4 Å². The highest BCUT2D eigenvalue weighted by Crippen LogP contribution is 2.28. The molecule has 406 valence electrons. The van der Waals surface area contributed by atoms with Crippen molar-refractivity contribution in [2.45, 2.75) is 73.8 Å². The molecule has 0 radical (unpaired) electrons. The van der Waals surface area contributed by atoms with Gasteiger partial charge in [0.25, 0.3) is 11.5 Å². The number of aromatic amines is 1. The third-order valence-corrected chi connectivity index (χ3v) is 13.7. The van der Waals surface area contributed by atoms with Gasteiger partial charge in [-0.3, -0.25) is 34.2 Å². The highest BCUT2D eigenvalue weighted by atomic mass is 19.1. The van der Waals surface area contributed by atoms with Gasteiger partial charge in [0.2, 0.25) is 17.7 Å². The molecule has 17 nitrogen and oxygen atoms in total. The number of nitrogens with zero attached hydrogens (tertiary/aromatic N) is 8. The van der Waals surface area contributed by atoms with E-state index in [9.17, 15) is 28.4 Å². The number of rotatable bonds is 15. The zero-order valence-corrected chi connectivity index (χ0v) is 45.4. The van der Waals surface area contributed by atoms with E-state index >= 15 is 0 Å². The van der Waals surface area contributed by atoms with Crippen LogP contribution < -0.4 is 16.2 Å². The van der Waals surface area contributed by atoms with Gasteiger partial charge in [0.1, 0.15) is 11.6 Å². The summed E-state index contributed by atoms with van der Waals surface area (Å²) in [7, 11) is 2.11. The number of aldehydes is 1. The molecule has 9 rings (SSSR count). The van der Waals surface area contributed by atoms with Crippen LogP contribution in [0.25, 0.3) is 21.9 Å². The van der Waals surface area contributed by atoms with Gasteiger partial charge in [0.15, 0.2) is 12.0 Å². The Balaban J connectivity index is 0.000000311. The number of hydrogen-bond donors (Lipinski definition) is 3. The molecule has 6 heterocycles. The summed E-state index contributed by atoms with van der Waals surface area (Å²) >= 11 is 0. The van der Waals surface area contributed by atoms with Crippen LogP contribution in [0, 0.1) is 18.7 Å². The van der Waals surface area contributed by atoms with E-state index in [0.29, 0.717) is 73.2 Å². The summed E-state index contributed by atoms with van der Waals surface area (Å²) in [6, 6.07) is 21.6. The minimum absolute atomic E-state index is 0.0150. The maximum Gasteiger partial charge on any atom is 0.274 e. The minimum atomic E-state index is -0.548. The van der Waals surface area contributed by atoms with Crippen molar-refractivity contribution < 1.29 is 28.0 Å². The van der Waals surface area contributed by atoms with Crippen molar-refractivity contribution in [3.63, 3.8) is 0 Å². The lowest BCUT2D eigenvalue weighted by Gasteiger charge is -2.39. The lowest BCUT2D eigenvalue weighted by atomic mass is 9.95. The van der Waals surface area contributed by atoms with Gasteiger partial charge in [-0.15, -0.1) is 0 Å². The van der Waals surface area contributed by atoms with Crippen LogP contribution in [-0.4, -0.2) is 161 Å². The number of likely N-dealkylation sites (tertiary alicyclic amines) is 1. The van der Waals surface area contributed by atoms with E-state index in [1.807, 2.05) is 74.8 Å². The maximum absolute atomic E-state index is 13.9. The van der Waals surface area contributed by atoms with Crippen LogP contribution in [0.2, 0.25) is 0 Å². The van der Waals surface area contributed by atoms with E-state index in [1.165, 1.54) is 17.7 Å². The number of anilines is 1. The van der Waals surface area contributed by atoms with E-state index in [4.69, 9.17) is 4.42 Å². The monoisotopic (exact) mass is 1040 g/mol. The summed E-state index contributed by atoms with van der Waals surface area (Å²) in [6.45, 7) is 22.4. The normalized spacial score (nSPS) is 15.4. The molecule has 0 spiro atoms. The molecule has 0 atom stereocenters. The lowest BCUT2D eigenvalue weighted by Crippen LogP contribution is -2.53. The quantitative estimate of drug-likeness (QED) is 0.0884. The van der Waals surface area contributed by atoms with Crippen molar-refractivity contribution in [2.24, 2.45) is 5.92 Å². The van der Waals surface area contributed by atoms with E-state index in [1.54, 1.807) is 30.6 Å². The van der Waals surface area contributed by atoms with Gasteiger partial charge >= 0.3 is 0 Å². The van der Waals surface area contributed by atoms with Crippen LogP contribution in [-0.2, 0) is 29.0 Å². The Morgan fingerprint density at radius 1 is 0.789 bits per heavy atom. The van der Waals surface area contributed by atoms with Crippen molar-refractivity contribution in [3.8, 4) is 11.1 Å². The zero-order chi connectivity index (χ0) is 54.6. The van der Waals surface area contributed by atoms with E-state index in [-0.39, 0.29) is 41.1 Å². The van der Waals surface area contributed by atoms with Crippen molar-refractivity contribution in [3.05, 3.63) is 141 Å². The first-order valence-electron chi connectivity index (χ1n) is 26.8. The molecule has 3 N–H and O–H groups in total. The Kier molecular flexibility index (Phi) is 22.5. The van der Waals surface area contributed by atoms with Crippen molar-refractivity contribution in [1.82, 2.24) is 50.0 Å². The van der Waals surface area contributed by atoms with Crippen LogP contribution in [0.1, 0.15) is 96.8 Å². The second-order valence-electron chi connectivity index (χ2n) is 18.9. The van der Waals surface area contributed by atoms with Crippen LogP contribution in [0.4, 0.5) is 10.1 Å². The fourth-order valence-corrected chi connectivity index (χ4v) is 9.42. The number of piperazine rings is 2. The molecule has 3 aliphatic heterocycles. The molecule has 3 fully saturated rings. The molecule has 3 aromatic carbocycles. The third-order valence-electron chi connectivity index (χ3n) is 13.7. The summed E-state index contributed by atoms with van der Waals surface area (Å²) < 4.78 is 18.8. The summed E-state index contributed by atoms with van der Waals surface area (Å²) in [5, 5.41) is 13.8. The molecular formula is C58H76FN11O6. The fraction of sp³-hybridized carbons (Fsp3) is 0.448. The van der Waals surface area contributed by atoms with E-state index in [2.05, 4.69) is 71.6 Å². The molecule has 0 aliphatic carbocycles. The Morgan fingerprint density at radius 3 is 2.18 bits per heavy atom. The highest BCUT2D eigenvalue weighted by Gasteiger charge is 2.30. The largest absolute Gasteiger partial charge is 0.445 e. The molecular weight excluding hydrogens is 966 g/mol. The first-order valence-corrected chi connectivity index (χ1v) is 26.8. The molecule has 6 aromatic rings. The van der Waals surface area contributed by atoms with Crippen molar-refractivity contribution in [1.29, 1.82) is 0 Å². The zero-order valence-electron chi connectivity index (χ0n) is 45.4. The first-order chi connectivity index (χ1) is 36.9. The molecule has 3 aliphatic rings. The minimum Gasteiger partial charge on any atom is -0.445 e. The number of hydrogen-bond acceptors (Lipinski definition) is 13. The number of likely N-dealkylation sites (N-methyl/N-ethyl adjacent to an activating group) is 1. The molecule has 0 unspecified atom stereocenters. The maximum atomic E-state index is 13.9. The number of carbonyl (C=O) groups excluding carboxylic acids is 4. The lowest BCUT2D eigenvalue weighted by molar-refractivity contribution is -0.134. The SMILES string of the molecule is CC.CC.CCc1cccc(-c2cnc(C(=O)N3CCC(CN4CCN(CC(=O)N5CCN(C)CC5)CC4)CC3)c(NC(=O)CNCc3ncc(C)o3)c2)c1.O=Cc1cc(Cc2n[nH]c(=O)c3ccccc23)ccc1F. The number of aryl methyl sites for hydroxylation is 2. The average Bonchev–Trinajstić information content (AvgIpc) is 3.88. The van der Waals surface area contributed by atoms with Gasteiger partial charge < -0.3 is 29.3 Å². The average molecular weight is 1040 g/mol. The van der Waals surface area contributed by atoms with Crippen LogP contribution >= 0.6 is 0 Å². The van der Waals surface area contributed by atoms with E-state index < -0.39 is 5.82 Å². The number of nitrogens with one attached hydrogen (secondary N) is 3. The highest BCUT2D eigenvalue weighted by molar-refractivity contribution is 6.03. The second kappa shape index (κ2) is 29.3. The first kappa shape index (κ1) is 58.3. The van der Waals surface area contributed by atoms with E-state index in [0.717, 1.165) is 100 Å². The molecule has 0 bridgehead atoms. The van der Waals surface area contributed by atoms with Gasteiger partial charge in [-0.1, -0.05) is 83.1 Å². The van der Waals surface area contributed by atoms with Crippen molar-refractivity contribution >= 4 is 40.5 Å². The summed E-state index contributed by atoms with van der Waals surface area (Å²) in [6.07, 6.45) is 7.00. The Morgan fingerprint density at radius 2 is 1.50 bits per heavy atom.